The molecule has 0 amide bonds. The van der Waals surface area contributed by atoms with Gasteiger partial charge < -0.3 is 10.2 Å². The summed E-state index contributed by atoms with van der Waals surface area (Å²) in [5.41, 5.74) is 7.93. The molecule has 6 aromatic carbocycles. The molecule has 1 N–H and O–H groups in total. The molecule has 172 valence electrons. The van der Waals surface area contributed by atoms with Gasteiger partial charge in [0.15, 0.2) is 0 Å². The van der Waals surface area contributed by atoms with Crippen LogP contribution in [0, 0.1) is 0 Å². The average Bonchev–Trinajstić information content (AvgIpc) is 2.95. The molecule has 2 heteroatoms. The number of nitrogens with zero attached hydrogens (tertiary/aromatic N) is 1. The molecule has 0 aliphatic rings. The maximum atomic E-state index is 3.66. The van der Waals surface area contributed by atoms with E-state index in [-0.39, 0.29) is 0 Å². The Morgan fingerprint density at radius 2 is 0.917 bits per heavy atom. The molecule has 0 heterocycles. The van der Waals surface area contributed by atoms with Crippen LogP contribution in [-0.4, -0.2) is 0 Å². The Morgan fingerprint density at radius 1 is 0.389 bits per heavy atom. The third-order valence-corrected chi connectivity index (χ3v) is 6.44. The zero-order valence-electron chi connectivity index (χ0n) is 19.9. The topological polar surface area (TPSA) is 15.3 Å². The number of hydrogen-bond acceptors (Lipinski definition) is 2. The summed E-state index contributed by atoms with van der Waals surface area (Å²) in [6.07, 6.45) is 0. The largest absolute Gasteiger partial charge is 0.355 e. The maximum Gasteiger partial charge on any atom is 0.0464 e. The van der Waals surface area contributed by atoms with Crippen molar-refractivity contribution in [2.24, 2.45) is 0 Å². The molecule has 2 nitrogen and oxygen atoms in total. The average molecular weight is 463 g/mol. The molecule has 6 rings (SSSR count). The van der Waals surface area contributed by atoms with E-state index in [4.69, 9.17) is 0 Å². The van der Waals surface area contributed by atoms with Crippen LogP contribution in [-0.2, 0) is 0 Å². The molecule has 0 saturated heterocycles. The van der Waals surface area contributed by atoms with Gasteiger partial charge in [-0.3, -0.25) is 0 Å². The van der Waals surface area contributed by atoms with Gasteiger partial charge in [0.2, 0.25) is 0 Å². The number of anilines is 5. The molecule has 0 unspecified atom stereocenters. The van der Waals surface area contributed by atoms with Crippen molar-refractivity contribution in [2.75, 3.05) is 10.2 Å². The van der Waals surface area contributed by atoms with Gasteiger partial charge in [0.1, 0.15) is 0 Å². The molecule has 0 aliphatic carbocycles. The second-order valence-electron chi connectivity index (χ2n) is 8.75. The van der Waals surface area contributed by atoms with Crippen LogP contribution in [0.1, 0.15) is 0 Å². The summed E-state index contributed by atoms with van der Waals surface area (Å²) in [6.45, 7) is 0. The minimum absolute atomic E-state index is 1.05. The SMILES string of the molecule is c1ccc(N(c2ccccc2)c2ccc(Nc3ccccc3-c3cccc4ccccc34)cc2)cc1. The third kappa shape index (κ3) is 4.33. The van der Waals surface area contributed by atoms with E-state index in [0.717, 1.165) is 28.4 Å². The summed E-state index contributed by atoms with van der Waals surface area (Å²) in [5, 5.41) is 6.16. The van der Waals surface area contributed by atoms with Gasteiger partial charge in [0.25, 0.3) is 0 Å². The third-order valence-electron chi connectivity index (χ3n) is 6.44. The van der Waals surface area contributed by atoms with Crippen LogP contribution in [0.25, 0.3) is 21.9 Å². The second-order valence-corrected chi connectivity index (χ2v) is 8.75. The number of hydrogen-bond donors (Lipinski definition) is 1. The zero-order chi connectivity index (χ0) is 24.2. The summed E-state index contributed by atoms with van der Waals surface area (Å²) >= 11 is 0. The van der Waals surface area contributed by atoms with Crippen molar-refractivity contribution in [1.82, 2.24) is 0 Å². The summed E-state index contributed by atoms with van der Waals surface area (Å²) in [6, 6.07) is 53.1. The fourth-order valence-electron chi connectivity index (χ4n) is 4.74. The Morgan fingerprint density at radius 3 is 1.64 bits per heavy atom. The standard InChI is InChI=1S/C34H26N2/c1-3-14-28(15-4-1)36(29-16-5-2-6-17-29)30-24-22-27(23-25-30)35-34-21-10-9-19-33(34)32-20-11-13-26-12-7-8-18-31(26)32/h1-25,35H. The molecule has 0 fully saturated rings. The van der Waals surface area contributed by atoms with E-state index in [1.54, 1.807) is 0 Å². The number of nitrogens with one attached hydrogen (secondary N) is 1. The fraction of sp³-hybridized carbons (Fsp3) is 0. The highest BCUT2D eigenvalue weighted by Crippen LogP contribution is 2.37. The van der Waals surface area contributed by atoms with Crippen LogP contribution in [0.2, 0.25) is 0 Å². The Hall–Kier alpha value is -4.82. The van der Waals surface area contributed by atoms with Gasteiger partial charge in [0.05, 0.1) is 0 Å². The van der Waals surface area contributed by atoms with E-state index in [0.29, 0.717) is 0 Å². The summed E-state index contributed by atoms with van der Waals surface area (Å²) in [7, 11) is 0. The summed E-state index contributed by atoms with van der Waals surface area (Å²) in [4.78, 5) is 2.27. The number of benzene rings is 6. The number of para-hydroxylation sites is 3. The molecule has 0 saturated carbocycles. The lowest BCUT2D eigenvalue weighted by molar-refractivity contribution is 1.28. The Kier molecular flexibility index (Phi) is 5.91. The highest BCUT2D eigenvalue weighted by atomic mass is 15.1. The van der Waals surface area contributed by atoms with Crippen molar-refractivity contribution in [2.45, 2.75) is 0 Å². The van der Waals surface area contributed by atoms with Crippen LogP contribution >= 0.6 is 0 Å². The maximum absolute atomic E-state index is 3.66. The summed E-state index contributed by atoms with van der Waals surface area (Å²) in [5.74, 6) is 0. The van der Waals surface area contributed by atoms with E-state index < -0.39 is 0 Å². The highest BCUT2D eigenvalue weighted by molar-refractivity contribution is 6.00. The first-order chi connectivity index (χ1) is 17.9. The van der Waals surface area contributed by atoms with E-state index in [9.17, 15) is 0 Å². The molecular formula is C34H26N2. The first-order valence-electron chi connectivity index (χ1n) is 12.2. The van der Waals surface area contributed by atoms with Gasteiger partial charge in [-0.25, -0.2) is 0 Å². The lowest BCUT2D eigenvalue weighted by Gasteiger charge is -2.25. The van der Waals surface area contributed by atoms with Gasteiger partial charge in [0, 0.05) is 34.0 Å². The lowest BCUT2D eigenvalue weighted by atomic mass is 9.97. The molecule has 0 aromatic heterocycles. The molecule has 0 spiro atoms. The van der Waals surface area contributed by atoms with Crippen LogP contribution in [0.3, 0.4) is 0 Å². The number of fused-ring (bicyclic) bond motifs is 1. The lowest BCUT2D eigenvalue weighted by Crippen LogP contribution is -2.09. The monoisotopic (exact) mass is 462 g/mol. The molecule has 0 bridgehead atoms. The predicted molar refractivity (Wildman–Crippen MR) is 154 cm³/mol. The Bertz CT molecular complexity index is 1550. The van der Waals surface area contributed by atoms with Gasteiger partial charge in [-0.15, -0.1) is 0 Å². The number of rotatable bonds is 6. The van der Waals surface area contributed by atoms with Crippen molar-refractivity contribution in [1.29, 1.82) is 0 Å². The van der Waals surface area contributed by atoms with Gasteiger partial charge in [-0.05, 0) is 70.9 Å². The molecular weight excluding hydrogens is 436 g/mol. The van der Waals surface area contributed by atoms with Crippen LogP contribution < -0.4 is 10.2 Å². The van der Waals surface area contributed by atoms with E-state index >= 15 is 0 Å². The van der Waals surface area contributed by atoms with E-state index in [2.05, 4.69) is 150 Å². The van der Waals surface area contributed by atoms with Gasteiger partial charge in [-0.1, -0.05) is 97.1 Å². The van der Waals surface area contributed by atoms with Crippen molar-refractivity contribution >= 4 is 39.2 Å². The quantitative estimate of drug-likeness (QED) is 0.265. The molecule has 0 atom stereocenters. The van der Waals surface area contributed by atoms with Crippen molar-refractivity contribution in [3.8, 4) is 11.1 Å². The van der Waals surface area contributed by atoms with Crippen molar-refractivity contribution < 1.29 is 0 Å². The van der Waals surface area contributed by atoms with E-state index in [1.807, 2.05) is 12.1 Å². The minimum Gasteiger partial charge on any atom is -0.355 e. The smallest absolute Gasteiger partial charge is 0.0464 e. The van der Waals surface area contributed by atoms with Gasteiger partial charge >= 0.3 is 0 Å². The fourth-order valence-corrected chi connectivity index (χ4v) is 4.74. The van der Waals surface area contributed by atoms with Crippen LogP contribution in [0.15, 0.2) is 152 Å². The Balaban J connectivity index is 1.34. The molecule has 0 aliphatic heterocycles. The first kappa shape index (κ1) is 21.7. The molecule has 6 aromatic rings. The summed E-state index contributed by atoms with van der Waals surface area (Å²) < 4.78 is 0. The zero-order valence-corrected chi connectivity index (χ0v) is 19.9. The Labute approximate surface area is 212 Å². The van der Waals surface area contributed by atoms with Crippen molar-refractivity contribution in [3.63, 3.8) is 0 Å². The minimum atomic E-state index is 1.05. The van der Waals surface area contributed by atoms with Crippen molar-refractivity contribution in [3.05, 3.63) is 152 Å². The van der Waals surface area contributed by atoms with Gasteiger partial charge in [-0.2, -0.15) is 0 Å². The normalized spacial score (nSPS) is 10.8. The predicted octanol–water partition coefficient (Wildman–Crippen LogP) is 9.72. The van der Waals surface area contributed by atoms with Crippen LogP contribution in [0.5, 0.6) is 0 Å². The second kappa shape index (κ2) is 9.81. The molecule has 36 heavy (non-hydrogen) atoms. The van der Waals surface area contributed by atoms with Crippen LogP contribution in [0.4, 0.5) is 28.4 Å². The highest BCUT2D eigenvalue weighted by Gasteiger charge is 2.12. The first-order valence-corrected chi connectivity index (χ1v) is 12.2. The van der Waals surface area contributed by atoms with E-state index in [1.165, 1.54) is 21.9 Å². The molecule has 0 radical (unpaired) electrons.